The number of carbonyl (C=O) groups is 1. The molecular weight excluding hydrogens is 464 g/mol. The number of esters is 1. The van der Waals surface area contributed by atoms with E-state index < -0.39 is 0 Å². The number of ether oxygens (including phenoxy) is 1. The lowest BCUT2D eigenvalue weighted by Crippen LogP contribution is -2.19. The molecule has 0 aromatic rings. The van der Waals surface area contributed by atoms with Crippen molar-refractivity contribution in [2.24, 2.45) is 5.41 Å². The normalized spacial score (nSPS) is 16.7. The van der Waals surface area contributed by atoms with Crippen LogP contribution in [0.1, 0.15) is 151 Å². The second-order valence-electron chi connectivity index (χ2n) is 12.2. The van der Waals surface area contributed by atoms with Gasteiger partial charge in [0, 0.05) is 6.08 Å². The maximum atomic E-state index is 12.1. The summed E-state index contributed by atoms with van der Waals surface area (Å²) in [6, 6.07) is 0. The van der Waals surface area contributed by atoms with Crippen LogP contribution in [0, 0.1) is 5.41 Å². The molecule has 1 aliphatic rings. The maximum Gasteiger partial charge on any atom is 0.331 e. The van der Waals surface area contributed by atoms with Gasteiger partial charge in [0.2, 0.25) is 0 Å². The van der Waals surface area contributed by atoms with E-state index in [9.17, 15) is 4.79 Å². The highest BCUT2D eigenvalue weighted by Crippen LogP contribution is 2.40. The standard InChI is InChI=1S/C36H60O2/c1-7-8-9-10-11-12-13-14-15-16-17-18-19-20-29-38-35(37)30-32(3)24-21-23-31(2)26-27-34-33(4)25-22-28-36(34,5)6/h21,23-24,26-27,30H,7-20,22,25,28-29H2,1-6H3/b24-21+,27-26+,31-23+,32-30+. The van der Waals surface area contributed by atoms with Crippen LogP contribution >= 0.6 is 0 Å². The van der Waals surface area contributed by atoms with Gasteiger partial charge in [0.05, 0.1) is 6.61 Å². The third-order valence-corrected chi connectivity index (χ3v) is 7.86. The Kier molecular flexibility index (Phi) is 18.9. The SMILES string of the molecule is CCCCCCCCCCCCCCCCOC(=O)/C=C(C)/C=C/C=C(C)/C=C/C1=C(C)CCCC1(C)C. The monoisotopic (exact) mass is 524 g/mol. The molecule has 2 nitrogen and oxygen atoms in total. The lowest BCUT2D eigenvalue weighted by atomic mass is 9.72. The summed E-state index contributed by atoms with van der Waals surface area (Å²) in [5, 5.41) is 0. The Labute approximate surface area is 236 Å². The number of hydrogen-bond acceptors (Lipinski definition) is 2. The second-order valence-corrected chi connectivity index (χ2v) is 12.2. The van der Waals surface area contributed by atoms with E-state index in [1.54, 1.807) is 6.08 Å². The van der Waals surface area contributed by atoms with Gasteiger partial charge in [-0.15, -0.1) is 0 Å². The van der Waals surface area contributed by atoms with E-state index >= 15 is 0 Å². The Morgan fingerprint density at radius 3 is 1.92 bits per heavy atom. The molecule has 0 bridgehead atoms. The Hall–Kier alpha value is -1.83. The van der Waals surface area contributed by atoms with Crippen molar-refractivity contribution in [2.45, 2.75) is 151 Å². The summed E-state index contributed by atoms with van der Waals surface area (Å²) in [6.45, 7) is 13.8. The Bertz CT molecular complexity index is 803. The molecule has 2 heteroatoms. The third-order valence-electron chi connectivity index (χ3n) is 7.86. The number of hydrogen-bond donors (Lipinski definition) is 0. The topological polar surface area (TPSA) is 26.3 Å². The van der Waals surface area contributed by atoms with E-state index in [0.29, 0.717) is 6.61 Å². The van der Waals surface area contributed by atoms with Crippen LogP contribution in [-0.4, -0.2) is 12.6 Å². The smallest absolute Gasteiger partial charge is 0.331 e. The summed E-state index contributed by atoms with van der Waals surface area (Å²) in [5.41, 5.74) is 5.39. The summed E-state index contributed by atoms with van der Waals surface area (Å²) in [7, 11) is 0. The number of carbonyl (C=O) groups excluding carboxylic acids is 1. The Morgan fingerprint density at radius 1 is 0.816 bits per heavy atom. The van der Waals surface area contributed by atoms with Crippen LogP contribution in [0.15, 0.2) is 58.7 Å². The van der Waals surface area contributed by atoms with E-state index in [4.69, 9.17) is 4.74 Å². The quantitative estimate of drug-likeness (QED) is 0.0685. The third kappa shape index (κ3) is 16.9. The van der Waals surface area contributed by atoms with Crippen molar-refractivity contribution in [1.82, 2.24) is 0 Å². The van der Waals surface area contributed by atoms with Gasteiger partial charge in [0.15, 0.2) is 0 Å². The molecule has 1 aliphatic carbocycles. The predicted octanol–water partition coefficient (Wildman–Crippen LogP) is 11.5. The molecule has 38 heavy (non-hydrogen) atoms. The summed E-state index contributed by atoms with van der Waals surface area (Å²) >= 11 is 0. The lowest BCUT2D eigenvalue weighted by molar-refractivity contribution is -0.137. The molecule has 0 saturated carbocycles. The van der Waals surface area contributed by atoms with Crippen LogP contribution in [0.25, 0.3) is 0 Å². The molecule has 0 heterocycles. The van der Waals surface area contributed by atoms with Crippen molar-refractivity contribution in [1.29, 1.82) is 0 Å². The van der Waals surface area contributed by atoms with Crippen LogP contribution in [0.3, 0.4) is 0 Å². The maximum absolute atomic E-state index is 12.1. The first kappa shape index (κ1) is 34.2. The van der Waals surface area contributed by atoms with Gasteiger partial charge in [0.1, 0.15) is 0 Å². The molecule has 216 valence electrons. The van der Waals surface area contributed by atoms with Crippen LogP contribution in [0.2, 0.25) is 0 Å². The van der Waals surface area contributed by atoms with Crippen LogP contribution in [-0.2, 0) is 9.53 Å². The van der Waals surface area contributed by atoms with E-state index in [1.165, 1.54) is 113 Å². The minimum Gasteiger partial charge on any atom is -0.463 e. The molecule has 0 N–H and O–H groups in total. The van der Waals surface area contributed by atoms with Gasteiger partial charge < -0.3 is 4.74 Å². The van der Waals surface area contributed by atoms with Gasteiger partial charge in [-0.1, -0.05) is 146 Å². The Morgan fingerprint density at radius 2 is 1.37 bits per heavy atom. The molecule has 0 radical (unpaired) electrons. The largest absolute Gasteiger partial charge is 0.463 e. The van der Waals surface area contributed by atoms with Crippen molar-refractivity contribution >= 4 is 5.97 Å². The van der Waals surface area contributed by atoms with Gasteiger partial charge in [-0.25, -0.2) is 4.79 Å². The highest BCUT2D eigenvalue weighted by Gasteiger charge is 2.26. The van der Waals surface area contributed by atoms with Gasteiger partial charge in [-0.3, -0.25) is 0 Å². The zero-order valence-electron chi connectivity index (χ0n) is 26.0. The molecule has 0 atom stereocenters. The van der Waals surface area contributed by atoms with E-state index in [2.05, 4.69) is 52.8 Å². The molecule has 0 amide bonds. The molecule has 0 spiro atoms. The van der Waals surface area contributed by atoms with Gasteiger partial charge >= 0.3 is 5.97 Å². The van der Waals surface area contributed by atoms with E-state index in [-0.39, 0.29) is 11.4 Å². The molecule has 0 aliphatic heterocycles. The van der Waals surface area contributed by atoms with Crippen molar-refractivity contribution in [3.05, 3.63) is 58.7 Å². The van der Waals surface area contributed by atoms with Crippen molar-refractivity contribution in [2.75, 3.05) is 6.61 Å². The van der Waals surface area contributed by atoms with Crippen molar-refractivity contribution in [3.8, 4) is 0 Å². The minimum atomic E-state index is -0.232. The van der Waals surface area contributed by atoms with E-state index in [1.807, 2.05) is 19.1 Å². The van der Waals surface area contributed by atoms with Gasteiger partial charge in [-0.05, 0) is 63.0 Å². The zero-order chi connectivity index (χ0) is 28.1. The van der Waals surface area contributed by atoms with Gasteiger partial charge in [-0.2, -0.15) is 0 Å². The summed E-state index contributed by atoms with van der Waals surface area (Å²) in [5.74, 6) is -0.232. The van der Waals surface area contributed by atoms with Crippen LogP contribution < -0.4 is 0 Å². The zero-order valence-corrected chi connectivity index (χ0v) is 26.0. The van der Waals surface area contributed by atoms with Crippen molar-refractivity contribution in [3.63, 3.8) is 0 Å². The molecule has 0 unspecified atom stereocenters. The molecular formula is C36H60O2. The summed E-state index contributed by atoms with van der Waals surface area (Å²) in [4.78, 5) is 12.1. The first-order chi connectivity index (χ1) is 18.3. The number of allylic oxidation sites excluding steroid dienone is 9. The first-order valence-electron chi connectivity index (χ1n) is 15.8. The molecule has 0 aromatic carbocycles. The van der Waals surface area contributed by atoms with Crippen molar-refractivity contribution < 1.29 is 9.53 Å². The molecule has 1 rings (SSSR count). The average Bonchev–Trinajstić information content (AvgIpc) is 2.85. The summed E-state index contributed by atoms with van der Waals surface area (Å²) in [6.07, 6.45) is 34.6. The first-order valence-corrected chi connectivity index (χ1v) is 15.8. The fourth-order valence-electron chi connectivity index (χ4n) is 5.38. The van der Waals surface area contributed by atoms with Crippen LogP contribution in [0.4, 0.5) is 0 Å². The number of unbranched alkanes of at least 4 members (excludes halogenated alkanes) is 13. The number of rotatable bonds is 20. The predicted molar refractivity (Wildman–Crippen MR) is 167 cm³/mol. The average molecular weight is 525 g/mol. The van der Waals surface area contributed by atoms with E-state index in [0.717, 1.165) is 18.4 Å². The second kappa shape index (κ2) is 21.0. The molecule has 0 fully saturated rings. The van der Waals surface area contributed by atoms with Crippen LogP contribution in [0.5, 0.6) is 0 Å². The minimum absolute atomic E-state index is 0.232. The Balaban J connectivity index is 2.14. The molecule has 0 aromatic heterocycles. The fourth-order valence-corrected chi connectivity index (χ4v) is 5.38. The van der Waals surface area contributed by atoms with Gasteiger partial charge in [0.25, 0.3) is 0 Å². The highest BCUT2D eigenvalue weighted by atomic mass is 16.5. The lowest BCUT2D eigenvalue weighted by Gasteiger charge is -2.32. The highest BCUT2D eigenvalue weighted by molar-refractivity contribution is 5.83. The summed E-state index contributed by atoms with van der Waals surface area (Å²) < 4.78 is 5.40. The fraction of sp³-hybridized carbons (Fsp3) is 0.694. The molecule has 0 saturated heterocycles.